The van der Waals surface area contributed by atoms with Crippen LogP contribution in [-0.4, -0.2) is 10.5 Å². The molecule has 3 aromatic rings. The Morgan fingerprint density at radius 3 is 2.77 bits per heavy atom. The lowest BCUT2D eigenvalue weighted by Crippen LogP contribution is -2.12. The van der Waals surface area contributed by atoms with Crippen LogP contribution in [0.1, 0.15) is 22.8 Å². The monoisotopic (exact) mass is 312 g/mol. The van der Waals surface area contributed by atoms with E-state index >= 15 is 0 Å². The molecule has 5 heteroatoms. The number of hydrogen-bond donors (Lipinski definition) is 1. The molecular weight excluding hydrogens is 296 g/mol. The summed E-state index contributed by atoms with van der Waals surface area (Å²) in [4.78, 5) is 24.1. The van der Waals surface area contributed by atoms with Gasteiger partial charge in [-0.05, 0) is 44.2 Å². The molecule has 0 aliphatic heterocycles. The Balaban J connectivity index is 1.91. The van der Waals surface area contributed by atoms with Gasteiger partial charge in [0.15, 0.2) is 0 Å². The fourth-order valence-corrected chi connectivity index (χ4v) is 3.43. The van der Waals surface area contributed by atoms with Crippen LogP contribution in [0.15, 0.2) is 47.3 Å². The number of nitrogens with one attached hydrogen (secondary N) is 1. The van der Waals surface area contributed by atoms with Crippen molar-refractivity contribution in [2.45, 2.75) is 20.4 Å². The zero-order chi connectivity index (χ0) is 15.7. The van der Waals surface area contributed by atoms with Gasteiger partial charge in [-0.2, -0.15) is 0 Å². The van der Waals surface area contributed by atoms with Gasteiger partial charge in [-0.25, -0.2) is 0 Å². The zero-order valence-electron chi connectivity index (χ0n) is 12.4. The Morgan fingerprint density at radius 2 is 2.05 bits per heavy atom. The van der Waals surface area contributed by atoms with E-state index in [4.69, 9.17) is 0 Å². The molecule has 0 atom stereocenters. The first-order valence-corrected chi connectivity index (χ1v) is 7.91. The van der Waals surface area contributed by atoms with E-state index in [0.717, 1.165) is 15.8 Å². The molecule has 1 N–H and O–H groups in total. The molecule has 112 valence electrons. The van der Waals surface area contributed by atoms with Crippen molar-refractivity contribution in [2.24, 2.45) is 0 Å². The van der Waals surface area contributed by atoms with Gasteiger partial charge in [0.05, 0.1) is 10.2 Å². The summed E-state index contributed by atoms with van der Waals surface area (Å²) in [6.07, 6.45) is 0. The summed E-state index contributed by atoms with van der Waals surface area (Å²) < 4.78 is 2.61. The first-order valence-electron chi connectivity index (χ1n) is 7.10. The number of nitrogens with zero attached hydrogens (tertiary/aromatic N) is 1. The van der Waals surface area contributed by atoms with E-state index in [0.29, 0.717) is 17.8 Å². The Bertz CT molecular complexity index is 908. The number of amides is 1. The van der Waals surface area contributed by atoms with E-state index in [2.05, 4.69) is 5.32 Å². The first kappa shape index (κ1) is 14.5. The Labute approximate surface area is 132 Å². The van der Waals surface area contributed by atoms with Crippen molar-refractivity contribution < 1.29 is 4.79 Å². The van der Waals surface area contributed by atoms with E-state index in [1.54, 1.807) is 10.6 Å². The van der Waals surface area contributed by atoms with E-state index in [1.807, 2.05) is 50.2 Å². The average molecular weight is 312 g/mol. The molecule has 0 unspecified atom stereocenters. The van der Waals surface area contributed by atoms with Gasteiger partial charge in [0.1, 0.15) is 0 Å². The van der Waals surface area contributed by atoms with Crippen LogP contribution in [0.4, 0.5) is 5.69 Å². The molecular formula is C17H16N2O2S. The van der Waals surface area contributed by atoms with Crippen LogP contribution in [0.2, 0.25) is 0 Å². The number of carbonyl (C=O) groups is 1. The van der Waals surface area contributed by atoms with Crippen LogP contribution < -0.4 is 10.2 Å². The van der Waals surface area contributed by atoms with Gasteiger partial charge in [0, 0.05) is 17.8 Å². The first-order chi connectivity index (χ1) is 10.6. The summed E-state index contributed by atoms with van der Waals surface area (Å²) in [6.45, 7) is 4.54. The average Bonchev–Trinajstić information content (AvgIpc) is 2.81. The van der Waals surface area contributed by atoms with E-state index in [-0.39, 0.29) is 10.8 Å². The molecule has 0 saturated carbocycles. The number of carbonyl (C=O) groups excluding carboxylic acids is 1. The van der Waals surface area contributed by atoms with Crippen LogP contribution >= 0.6 is 11.3 Å². The highest BCUT2D eigenvalue weighted by atomic mass is 32.1. The number of thiazole rings is 1. The lowest BCUT2D eigenvalue weighted by atomic mass is 10.1. The van der Waals surface area contributed by atoms with Crippen LogP contribution in [0, 0.1) is 6.92 Å². The molecule has 1 heterocycles. The Morgan fingerprint density at radius 1 is 1.23 bits per heavy atom. The molecule has 2 aromatic carbocycles. The molecule has 0 spiro atoms. The number of fused-ring (bicyclic) bond motifs is 1. The third-order valence-corrected chi connectivity index (χ3v) is 4.46. The fourth-order valence-electron chi connectivity index (χ4n) is 2.43. The largest absolute Gasteiger partial charge is 0.322 e. The van der Waals surface area contributed by atoms with Crippen LogP contribution in [0.5, 0.6) is 0 Å². The molecule has 3 rings (SSSR count). The second-order valence-electron chi connectivity index (χ2n) is 5.12. The van der Waals surface area contributed by atoms with Crippen molar-refractivity contribution in [2.75, 3.05) is 5.32 Å². The highest BCUT2D eigenvalue weighted by molar-refractivity contribution is 7.16. The third-order valence-electron chi connectivity index (χ3n) is 3.52. The van der Waals surface area contributed by atoms with E-state index < -0.39 is 0 Å². The maximum absolute atomic E-state index is 12.3. The summed E-state index contributed by atoms with van der Waals surface area (Å²) in [5.41, 5.74) is 3.27. The van der Waals surface area contributed by atoms with E-state index in [9.17, 15) is 9.59 Å². The van der Waals surface area contributed by atoms with Gasteiger partial charge in [-0.1, -0.05) is 29.0 Å². The smallest absolute Gasteiger partial charge is 0.308 e. The number of hydrogen-bond acceptors (Lipinski definition) is 3. The number of aromatic nitrogens is 1. The summed E-state index contributed by atoms with van der Waals surface area (Å²) >= 11 is 1.20. The predicted molar refractivity (Wildman–Crippen MR) is 90.9 cm³/mol. The van der Waals surface area contributed by atoms with Crippen molar-refractivity contribution in [3.8, 4) is 0 Å². The maximum Gasteiger partial charge on any atom is 0.308 e. The molecule has 0 radical (unpaired) electrons. The van der Waals surface area contributed by atoms with Crippen molar-refractivity contribution in [1.82, 2.24) is 4.57 Å². The van der Waals surface area contributed by atoms with Crippen LogP contribution in [0.3, 0.4) is 0 Å². The van der Waals surface area contributed by atoms with Crippen LogP contribution in [-0.2, 0) is 6.54 Å². The van der Waals surface area contributed by atoms with Crippen LogP contribution in [0.25, 0.3) is 10.2 Å². The second kappa shape index (κ2) is 5.77. The van der Waals surface area contributed by atoms with Gasteiger partial charge in [-0.15, -0.1) is 0 Å². The summed E-state index contributed by atoms with van der Waals surface area (Å²) in [7, 11) is 0. The van der Waals surface area contributed by atoms with Gasteiger partial charge in [0.2, 0.25) is 0 Å². The highest BCUT2D eigenvalue weighted by Gasteiger charge is 2.09. The molecule has 1 amide bonds. The molecule has 0 saturated heterocycles. The summed E-state index contributed by atoms with van der Waals surface area (Å²) in [5, 5.41) is 2.88. The minimum absolute atomic E-state index is 0.0275. The standard InChI is InChI=1S/C17H16N2O2S/c1-3-19-14-8-7-13(10-15(14)22-17(19)21)18-16(20)12-6-4-5-11(2)9-12/h4-10H,3H2,1-2H3,(H,18,20). The number of rotatable bonds is 3. The van der Waals surface area contributed by atoms with Gasteiger partial charge >= 0.3 is 4.87 Å². The van der Waals surface area contributed by atoms with Gasteiger partial charge in [0.25, 0.3) is 5.91 Å². The van der Waals surface area contributed by atoms with Crippen molar-refractivity contribution in [1.29, 1.82) is 0 Å². The summed E-state index contributed by atoms with van der Waals surface area (Å²) in [6, 6.07) is 13.0. The molecule has 1 aromatic heterocycles. The number of benzene rings is 2. The van der Waals surface area contributed by atoms with E-state index in [1.165, 1.54) is 11.3 Å². The van der Waals surface area contributed by atoms with Crippen molar-refractivity contribution >= 4 is 33.1 Å². The molecule has 0 aliphatic carbocycles. The number of aryl methyl sites for hydroxylation is 2. The minimum atomic E-state index is -0.148. The molecule has 4 nitrogen and oxygen atoms in total. The Kier molecular flexibility index (Phi) is 3.81. The third kappa shape index (κ3) is 2.67. The molecule has 22 heavy (non-hydrogen) atoms. The zero-order valence-corrected chi connectivity index (χ0v) is 13.2. The molecule has 0 fully saturated rings. The topological polar surface area (TPSA) is 51.1 Å². The molecule has 0 aliphatic rings. The fraction of sp³-hybridized carbons (Fsp3) is 0.176. The normalized spacial score (nSPS) is 10.8. The maximum atomic E-state index is 12.3. The number of anilines is 1. The minimum Gasteiger partial charge on any atom is -0.322 e. The quantitative estimate of drug-likeness (QED) is 0.802. The SMILES string of the molecule is CCn1c(=O)sc2cc(NC(=O)c3cccc(C)c3)ccc21. The van der Waals surface area contributed by atoms with Gasteiger partial charge in [-0.3, -0.25) is 14.2 Å². The lowest BCUT2D eigenvalue weighted by molar-refractivity contribution is 0.102. The highest BCUT2D eigenvalue weighted by Crippen LogP contribution is 2.22. The van der Waals surface area contributed by atoms with Crippen molar-refractivity contribution in [3.63, 3.8) is 0 Å². The second-order valence-corrected chi connectivity index (χ2v) is 6.11. The molecule has 0 bridgehead atoms. The van der Waals surface area contributed by atoms with Crippen molar-refractivity contribution in [3.05, 3.63) is 63.3 Å². The lowest BCUT2D eigenvalue weighted by Gasteiger charge is -2.06. The summed E-state index contributed by atoms with van der Waals surface area (Å²) in [5.74, 6) is -0.148. The Hall–Kier alpha value is -2.40. The predicted octanol–water partition coefficient (Wildman–Crippen LogP) is 3.64. The van der Waals surface area contributed by atoms with Gasteiger partial charge < -0.3 is 5.32 Å².